The van der Waals surface area contributed by atoms with Crippen LogP contribution >= 0.6 is 0 Å². The normalized spacial score (nSPS) is 10.6. The first kappa shape index (κ1) is 11.1. The van der Waals surface area contributed by atoms with Crippen LogP contribution in [0.3, 0.4) is 0 Å². The van der Waals surface area contributed by atoms with Crippen LogP contribution in [0.4, 0.5) is 0 Å². The Hall–Kier alpha value is -2.36. The molecule has 0 spiro atoms. The molecule has 1 amide bonds. The Morgan fingerprint density at radius 1 is 1.29 bits per heavy atom. The third-order valence-electron chi connectivity index (χ3n) is 2.38. The maximum atomic E-state index is 11.8. The van der Waals surface area contributed by atoms with Gasteiger partial charge in [-0.1, -0.05) is 18.2 Å². The molecule has 0 atom stereocenters. The largest absolute Gasteiger partial charge is 0.360 e. The molecular weight excluding hydrogens is 214 g/mol. The molecule has 4 heteroatoms. The zero-order valence-electron chi connectivity index (χ0n) is 9.47. The van der Waals surface area contributed by atoms with Gasteiger partial charge in [0.25, 0.3) is 5.91 Å². The van der Waals surface area contributed by atoms with Crippen LogP contribution < -0.4 is 5.43 Å². The molecule has 0 aliphatic rings. The van der Waals surface area contributed by atoms with E-state index in [2.05, 4.69) is 15.5 Å². The van der Waals surface area contributed by atoms with Crippen molar-refractivity contribution in [3.63, 3.8) is 0 Å². The van der Waals surface area contributed by atoms with Crippen molar-refractivity contribution in [2.24, 2.45) is 5.10 Å². The van der Waals surface area contributed by atoms with E-state index in [0.717, 1.165) is 11.3 Å². The second kappa shape index (κ2) is 5.12. The van der Waals surface area contributed by atoms with Crippen molar-refractivity contribution >= 4 is 12.1 Å². The summed E-state index contributed by atoms with van der Waals surface area (Å²) in [7, 11) is 0. The summed E-state index contributed by atoms with van der Waals surface area (Å²) >= 11 is 0. The highest BCUT2D eigenvalue weighted by Crippen LogP contribution is 2.06. The summed E-state index contributed by atoms with van der Waals surface area (Å²) in [5.41, 5.74) is 4.90. The number of hydrogen-bond donors (Lipinski definition) is 2. The molecule has 17 heavy (non-hydrogen) atoms. The fraction of sp³-hybridized carbons (Fsp3) is 0.0769. The summed E-state index contributed by atoms with van der Waals surface area (Å²) in [6, 6.07) is 11.1. The Balaban J connectivity index is 2.01. The number of amides is 1. The van der Waals surface area contributed by atoms with Crippen LogP contribution in [-0.4, -0.2) is 17.1 Å². The van der Waals surface area contributed by atoms with Crippen molar-refractivity contribution in [2.75, 3.05) is 0 Å². The molecule has 1 aromatic heterocycles. The first-order valence-electron chi connectivity index (χ1n) is 5.30. The Morgan fingerprint density at radius 3 is 2.82 bits per heavy atom. The SMILES string of the molecule is Cc1ccccc1C(=O)NN=Cc1ccc[nH]1. The van der Waals surface area contributed by atoms with E-state index in [1.165, 1.54) is 0 Å². The lowest BCUT2D eigenvalue weighted by Gasteiger charge is -2.02. The summed E-state index contributed by atoms with van der Waals surface area (Å²) in [4.78, 5) is 14.7. The quantitative estimate of drug-likeness (QED) is 0.612. The molecule has 0 aliphatic carbocycles. The maximum Gasteiger partial charge on any atom is 0.271 e. The number of H-pyrrole nitrogens is 1. The third kappa shape index (κ3) is 2.81. The number of carbonyl (C=O) groups excluding carboxylic acids is 1. The predicted molar refractivity (Wildman–Crippen MR) is 67.0 cm³/mol. The summed E-state index contributed by atoms with van der Waals surface area (Å²) in [6.45, 7) is 1.89. The van der Waals surface area contributed by atoms with Crippen molar-refractivity contribution in [3.05, 3.63) is 59.4 Å². The highest BCUT2D eigenvalue weighted by atomic mass is 16.2. The number of nitrogens with zero attached hydrogens (tertiary/aromatic N) is 1. The van der Waals surface area contributed by atoms with Gasteiger partial charge in [-0.3, -0.25) is 4.79 Å². The smallest absolute Gasteiger partial charge is 0.271 e. The number of hydrogen-bond acceptors (Lipinski definition) is 2. The summed E-state index contributed by atoms with van der Waals surface area (Å²) in [5.74, 6) is -0.203. The van der Waals surface area contributed by atoms with E-state index in [1.807, 2.05) is 37.3 Å². The Labute approximate surface area is 99.4 Å². The standard InChI is InChI=1S/C13H13N3O/c1-10-5-2-3-7-12(10)13(17)16-15-9-11-6-4-8-14-11/h2-9,14H,1H3,(H,16,17). The molecule has 4 nitrogen and oxygen atoms in total. The summed E-state index contributed by atoms with van der Waals surface area (Å²) < 4.78 is 0. The van der Waals surface area contributed by atoms with Gasteiger partial charge in [0.05, 0.1) is 11.9 Å². The van der Waals surface area contributed by atoms with Crippen LogP contribution in [0.1, 0.15) is 21.6 Å². The fourth-order valence-corrected chi connectivity index (χ4v) is 1.47. The van der Waals surface area contributed by atoms with Crippen LogP contribution in [0.15, 0.2) is 47.7 Å². The minimum Gasteiger partial charge on any atom is -0.360 e. The predicted octanol–water partition coefficient (Wildman–Crippen LogP) is 2.09. The zero-order chi connectivity index (χ0) is 12.1. The van der Waals surface area contributed by atoms with Gasteiger partial charge in [0.15, 0.2) is 0 Å². The van der Waals surface area contributed by atoms with Gasteiger partial charge in [-0.2, -0.15) is 5.10 Å². The number of carbonyl (C=O) groups is 1. The number of rotatable bonds is 3. The van der Waals surface area contributed by atoms with E-state index in [1.54, 1.807) is 18.5 Å². The summed E-state index contributed by atoms with van der Waals surface area (Å²) in [5, 5.41) is 3.88. The van der Waals surface area contributed by atoms with Gasteiger partial charge in [0, 0.05) is 11.8 Å². The van der Waals surface area contributed by atoms with Crippen molar-refractivity contribution in [2.45, 2.75) is 6.92 Å². The topological polar surface area (TPSA) is 57.2 Å². The van der Waals surface area contributed by atoms with E-state index >= 15 is 0 Å². The van der Waals surface area contributed by atoms with Crippen LogP contribution in [0, 0.1) is 6.92 Å². The first-order chi connectivity index (χ1) is 8.27. The van der Waals surface area contributed by atoms with E-state index in [4.69, 9.17) is 0 Å². The van der Waals surface area contributed by atoms with Crippen molar-refractivity contribution < 1.29 is 4.79 Å². The third-order valence-corrected chi connectivity index (χ3v) is 2.38. The van der Waals surface area contributed by atoms with Crippen molar-refractivity contribution in [1.82, 2.24) is 10.4 Å². The van der Waals surface area contributed by atoms with Crippen molar-refractivity contribution in [3.8, 4) is 0 Å². The van der Waals surface area contributed by atoms with Gasteiger partial charge in [0.2, 0.25) is 0 Å². The molecular formula is C13H13N3O. The Bertz CT molecular complexity index is 529. The number of benzene rings is 1. The maximum absolute atomic E-state index is 11.8. The second-order valence-electron chi connectivity index (χ2n) is 3.64. The van der Waals surface area contributed by atoms with Gasteiger partial charge in [-0.05, 0) is 30.7 Å². The molecule has 0 unspecified atom stereocenters. The molecule has 0 radical (unpaired) electrons. The molecule has 0 bridgehead atoms. The first-order valence-corrected chi connectivity index (χ1v) is 5.30. The average molecular weight is 227 g/mol. The molecule has 2 N–H and O–H groups in total. The number of aryl methyl sites for hydroxylation is 1. The number of aromatic amines is 1. The monoisotopic (exact) mass is 227 g/mol. The molecule has 1 aromatic carbocycles. The minimum atomic E-state index is -0.203. The minimum absolute atomic E-state index is 0.203. The molecule has 0 fully saturated rings. The van der Waals surface area contributed by atoms with Gasteiger partial charge in [0.1, 0.15) is 0 Å². The number of nitrogens with one attached hydrogen (secondary N) is 2. The molecule has 0 aliphatic heterocycles. The summed E-state index contributed by atoms with van der Waals surface area (Å²) in [6.07, 6.45) is 3.36. The second-order valence-corrected chi connectivity index (χ2v) is 3.64. The Kier molecular flexibility index (Phi) is 3.35. The fourth-order valence-electron chi connectivity index (χ4n) is 1.47. The lowest BCUT2D eigenvalue weighted by molar-refractivity contribution is 0.0954. The van der Waals surface area contributed by atoms with Crippen LogP contribution in [0.25, 0.3) is 0 Å². The molecule has 2 rings (SSSR count). The number of aromatic nitrogens is 1. The number of hydrazone groups is 1. The highest BCUT2D eigenvalue weighted by molar-refractivity contribution is 5.96. The van der Waals surface area contributed by atoms with E-state index < -0.39 is 0 Å². The lowest BCUT2D eigenvalue weighted by Crippen LogP contribution is -2.18. The van der Waals surface area contributed by atoms with Gasteiger partial charge in [-0.15, -0.1) is 0 Å². The highest BCUT2D eigenvalue weighted by Gasteiger charge is 2.05. The van der Waals surface area contributed by atoms with Crippen LogP contribution in [0.5, 0.6) is 0 Å². The van der Waals surface area contributed by atoms with E-state index in [-0.39, 0.29) is 5.91 Å². The van der Waals surface area contributed by atoms with Crippen LogP contribution in [-0.2, 0) is 0 Å². The van der Waals surface area contributed by atoms with Gasteiger partial charge in [-0.25, -0.2) is 5.43 Å². The van der Waals surface area contributed by atoms with Crippen molar-refractivity contribution in [1.29, 1.82) is 0 Å². The zero-order valence-corrected chi connectivity index (χ0v) is 9.47. The Morgan fingerprint density at radius 2 is 2.12 bits per heavy atom. The average Bonchev–Trinajstić information content (AvgIpc) is 2.82. The molecule has 0 saturated carbocycles. The molecule has 1 heterocycles. The molecule has 86 valence electrons. The van der Waals surface area contributed by atoms with Gasteiger partial charge >= 0.3 is 0 Å². The van der Waals surface area contributed by atoms with Crippen LogP contribution in [0.2, 0.25) is 0 Å². The van der Waals surface area contributed by atoms with Gasteiger partial charge < -0.3 is 4.98 Å². The van der Waals surface area contributed by atoms with E-state index in [0.29, 0.717) is 5.56 Å². The van der Waals surface area contributed by atoms with E-state index in [9.17, 15) is 4.79 Å². The molecule has 0 saturated heterocycles. The lowest BCUT2D eigenvalue weighted by atomic mass is 10.1. The molecule has 2 aromatic rings.